The molecule has 2 heteroatoms. The summed E-state index contributed by atoms with van der Waals surface area (Å²) in [6.07, 6.45) is 3.64. The first kappa shape index (κ1) is 17.3. The van der Waals surface area contributed by atoms with Crippen LogP contribution in [0.25, 0.3) is 0 Å². The topological polar surface area (TPSA) is 26.3 Å². The summed E-state index contributed by atoms with van der Waals surface area (Å²) in [5.74, 6) is 1.33. The van der Waals surface area contributed by atoms with Gasteiger partial charge >= 0.3 is 0 Å². The van der Waals surface area contributed by atoms with Gasteiger partial charge in [-0.15, -0.1) is 0 Å². The fourth-order valence-electron chi connectivity index (χ4n) is 5.27. The lowest BCUT2D eigenvalue weighted by Crippen LogP contribution is -2.39. The molecule has 0 spiro atoms. The predicted molar refractivity (Wildman–Crippen MR) is 105 cm³/mol. The summed E-state index contributed by atoms with van der Waals surface area (Å²) in [6, 6.07) is 8.45. The number of hydrogen-bond donors (Lipinski definition) is 0. The molecule has 4 rings (SSSR count). The third-order valence-corrected chi connectivity index (χ3v) is 7.11. The number of rotatable bonds is 2. The van der Waals surface area contributed by atoms with E-state index in [1.165, 1.54) is 33.4 Å². The number of carbonyl (C=O) groups is 1. The van der Waals surface area contributed by atoms with Gasteiger partial charge in [-0.2, -0.15) is 0 Å². The number of ether oxygens (including phenoxy) is 1. The second kappa shape index (κ2) is 5.97. The number of benzene rings is 1. The van der Waals surface area contributed by atoms with Crippen LogP contribution in [-0.4, -0.2) is 12.9 Å². The Balaban J connectivity index is 1.92. The van der Waals surface area contributed by atoms with E-state index in [2.05, 4.69) is 39.8 Å². The highest BCUT2D eigenvalue weighted by atomic mass is 16.5. The van der Waals surface area contributed by atoms with Gasteiger partial charge in [-0.05, 0) is 82.2 Å². The maximum atomic E-state index is 13.5. The quantitative estimate of drug-likeness (QED) is 0.642. The molecule has 2 atom stereocenters. The van der Waals surface area contributed by atoms with E-state index < -0.39 is 0 Å². The third-order valence-electron chi connectivity index (χ3n) is 7.11. The summed E-state index contributed by atoms with van der Waals surface area (Å²) in [5.41, 5.74) is 9.28. The molecule has 3 aliphatic carbocycles. The van der Waals surface area contributed by atoms with Crippen molar-refractivity contribution in [3.63, 3.8) is 0 Å². The molecule has 0 heterocycles. The van der Waals surface area contributed by atoms with Gasteiger partial charge in [-0.3, -0.25) is 4.79 Å². The highest BCUT2D eigenvalue weighted by Crippen LogP contribution is 2.59. The van der Waals surface area contributed by atoms with Gasteiger partial charge in [-0.25, -0.2) is 0 Å². The molecule has 0 saturated carbocycles. The van der Waals surface area contributed by atoms with Crippen LogP contribution < -0.4 is 4.74 Å². The predicted octanol–water partition coefficient (Wildman–Crippen LogP) is 5.69. The van der Waals surface area contributed by atoms with Crippen molar-refractivity contribution < 1.29 is 9.53 Å². The first-order valence-corrected chi connectivity index (χ1v) is 9.60. The normalized spacial score (nSPS) is 28.5. The Labute approximate surface area is 156 Å². The van der Waals surface area contributed by atoms with E-state index in [1.54, 1.807) is 7.11 Å². The standard InChI is InChI=1S/C24H28O2/c1-14-10-20-21(11-15(14)2)24(18-6-8-19(26-5)9-7-18)13-17(4)16(3)12-22(24)23(20)25/h6-9,22H,10-13H2,1-5H3/t22-,24-/m0/s1. The van der Waals surface area contributed by atoms with Crippen molar-refractivity contribution >= 4 is 5.78 Å². The minimum Gasteiger partial charge on any atom is -0.497 e. The molecule has 26 heavy (non-hydrogen) atoms. The fourth-order valence-corrected chi connectivity index (χ4v) is 5.27. The van der Waals surface area contributed by atoms with Gasteiger partial charge in [-0.1, -0.05) is 34.4 Å². The monoisotopic (exact) mass is 348 g/mol. The van der Waals surface area contributed by atoms with Crippen LogP contribution in [0.3, 0.4) is 0 Å². The molecule has 0 aromatic heterocycles. The number of hydrogen-bond acceptors (Lipinski definition) is 2. The Kier molecular flexibility index (Phi) is 3.98. The summed E-state index contributed by atoms with van der Waals surface area (Å²) in [7, 11) is 1.70. The molecule has 0 aliphatic heterocycles. The highest BCUT2D eigenvalue weighted by molar-refractivity contribution is 6.04. The number of fused-ring (bicyclic) bond motifs is 2. The summed E-state index contributed by atoms with van der Waals surface area (Å²) in [4.78, 5) is 13.5. The van der Waals surface area contributed by atoms with Crippen LogP contribution in [0.5, 0.6) is 5.75 Å². The minimum absolute atomic E-state index is 0.0586. The second-order valence-corrected chi connectivity index (χ2v) is 8.43. The first-order valence-electron chi connectivity index (χ1n) is 9.60. The molecule has 0 amide bonds. The van der Waals surface area contributed by atoms with Gasteiger partial charge in [0.2, 0.25) is 0 Å². The van der Waals surface area contributed by atoms with E-state index in [1.807, 2.05) is 12.1 Å². The third kappa shape index (κ3) is 2.27. The summed E-state index contributed by atoms with van der Waals surface area (Å²) in [6.45, 7) is 8.86. The zero-order valence-electron chi connectivity index (χ0n) is 16.5. The molecule has 2 nitrogen and oxygen atoms in total. The van der Waals surface area contributed by atoms with E-state index in [0.717, 1.165) is 37.0 Å². The van der Waals surface area contributed by atoms with Gasteiger partial charge in [0.1, 0.15) is 5.75 Å². The molecule has 0 N–H and O–H groups in total. The number of allylic oxidation sites excluding steroid dienone is 6. The molecular weight excluding hydrogens is 320 g/mol. The van der Waals surface area contributed by atoms with Crippen molar-refractivity contribution in [1.82, 2.24) is 0 Å². The molecule has 0 unspecified atom stereocenters. The van der Waals surface area contributed by atoms with Crippen molar-refractivity contribution in [2.75, 3.05) is 7.11 Å². The van der Waals surface area contributed by atoms with Gasteiger partial charge in [0.25, 0.3) is 0 Å². The van der Waals surface area contributed by atoms with Crippen molar-refractivity contribution in [3.05, 3.63) is 63.3 Å². The van der Waals surface area contributed by atoms with Crippen LogP contribution in [0.2, 0.25) is 0 Å². The molecule has 1 aromatic carbocycles. The SMILES string of the molecule is COc1ccc([C@]23CC(C)=C(C)C[C@H]2C(=O)C2=C3CC(C)=C(C)C2)cc1. The lowest BCUT2D eigenvalue weighted by atomic mass is 9.59. The Morgan fingerprint density at radius 2 is 1.58 bits per heavy atom. The van der Waals surface area contributed by atoms with E-state index in [0.29, 0.717) is 5.78 Å². The summed E-state index contributed by atoms with van der Waals surface area (Å²) < 4.78 is 5.37. The Morgan fingerprint density at radius 1 is 0.923 bits per heavy atom. The van der Waals surface area contributed by atoms with Gasteiger partial charge in [0.15, 0.2) is 5.78 Å². The van der Waals surface area contributed by atoms with Crippen molar-refractivity contribution in [2.24, 2.45) is 5.92 Å². The van der Waals surface area contributed by atoms with Crippen molar-refractivity contribution in [2.45, 2.75) is 58.8 Å². The van der Waals surface area contributed by atoms with Crippen molar-refractivity contribution in [3.8, 4) is 5.75 Å². The minimum atomic E-state index is -0.162. The van der Waals surface area contributed by atoms with Crippen LogP contribution in [0.4, 0.5) is 0 Å². The summed E-state index contributed by atoms with van der Waals surface area (Å²) in [5, 5.41) is 0. The molecule has 0 radical (unpaired) electrons. The van der Waals surface area contributed by atoms with E-state index in [-0.39, 0.29) is 11.3 Å². The molecule has 3 aliphatic rings. The van der Waals surface area contributed by atoms with Gasteiger partial charge in [0, 0.05) is 11.3 Å². The smallest absolute Gasteiger partial charge is 0.163 e. The lowest BCUT2D eigenvalue weighted by molar-refractivity contribution is -0.119. The van der Waals surface area contributed by atoms with Gasteiger partial charge in [0.05, 0.1) is 7.11 Å². The molecule has 1 aromatic rings. The number of Topliss-reactive ketones (excluding diaryl/α,β-unsaturated/α-hetero) is 1. The zero-order chi connectivity index (χ0) is 18.6. The van der Waals surface area contributed by atoms with Crippen molar-refractivity contribution in [1.29, 1.82) is 0 Å². The zero-order valence-corrected chi connectivity index (χ0v) is 16.5. The molecule has 0 fully saturated rings. The fraction of sp³-hybridized carbons (Fsp3) is 0.458. The molecular formula is C24H28O2. The first-order chi connectivity index (χ1) is 12.4. The van der Waals surface area contributed by atoms with Crippen LogP contribution in [0.1, 0.15) is 58.9 Å². The number of carbonyl (C=O) groups excluding carboxylic acids is 1. The number of ketones is 1. The van der Waals surface area contributed by atoms with Crippen LogP contribution in [-0.2, 0) is 10.2 Å². The Bertz CT molecular complexity index is 879. The van der Waals surface area contributed by atoms with E-state index in [9.17, 15) is 4.79 Å². The average molecular weight is 348 g/mol. The van der Waals surface area contributed by atoms with Gasteiger partial charge < -0.3 is 4.74 Å². The average Bonchev–Trinajstić information content (AvgIpc) is 2.85. The lowest BCUT2D eigenvalue weighted by Gasteiger charge is -2.43. The Hall–Kier alpha value is -2.09. The largest absolute Gasteiger partial charge is 0.497 e. The van der Waals surface area contributed by atoms with E-state index in [4.69, 9.17) is 4.74 Å². The molecule has 136 valence electrons. The summed E-state index contributed by atoms with van der Waals surface area (Å²) >= 11 is 0. The van der Waals surface area contributed by atoms with Crippen LogP contribution >= 0.6 is 0 Å². The van der Waals surface area contributed by atoms with Crippen LogP contribution in [0, 0.1) is 5.92 Å². The second-order valence-electron chi connectivity index (χ2n) is 8.43. The maximum Gasteiger partial charge on any atom is 0.163 e. The number of methoxy groups -OCH3 is 1. The van der Waals surface area contributed by atoms with Crippen LogP contribution in [0.15, 0.2) is 57.7 Å². The van der Waals surface area contributed by atoms with E-state index >= 15 is 0 Å². The highest BCUT2D eigenvalue weighted by Gasteiger charge is 2.56. The maximum absolute atomic E-state index is 13.5. The Morgan fingerprint density at radius 3 is 2.23 bits per heavy atom. The molecule has 0 saturated heterocycles. The molecule has 0 bridgehead atoms.